The predicted octanol–water partition coefficient (Wildman–Crippen LogP) is 2.65. The van der Waals surface area contributed by atoms with Crippen molar-refractivity contribution in [1.29, 1.82) is 0 Å². The van der Waals surface area contributed by atoms with Gasteiger partial charge in [0.1, 0.15) is 11.9 Å². The van der Waals surface area contributed by atoms with E-state index in [2.05, 4.69) is 45.1 Å². The van der Waals surface area contributed by atoms with E-state index in [0.29, 0.717) is 16.2 Å². The third-order valence-electron chi connectivity index (χ3n) is 3.63. The Morgan fingerprint density at radius 1 is 1.58 bits per heavy atom. The molecule has 2 atom stereocenters. The van der Waals surface area contributed by atoms with Crippen molar-refractivity contribution in [3.05, 3.63) is 27.0 Å². The van der Waals surface area contributed by atoms with E-state index in [4.69, 9.17) is 0 Å². The van der Waals surface area contributed by atoms with Crippen LogP contribution < -0.4 is 5.32 Å². The number of anilines is 1. The number of hydrogen-bond donors (Lipinski definition) is 1. The number of nitrogens with one attached hydrogen (secondary N) is 1. The van der Waals surface area contributed by atoms with Crippen LogP contribution >= 0.6 is 15.9 Å². The van der Waals surface area contributed by atoms with Crippen LogP contribution in [0.1, 0.15) is 19.8 Å². The maximum absolute atomic E-state index is 11.0. The minimum atomic E-state index is -0.404. The molecular weight excluding hydrogens is 312 g/mol. The molecule has 0 aromatic carbocycles. The molecule has 1 N–H and O–H groups in total. The Hall–Kier alpha value is -1.21. The van der Waals surface area contributed by atoms with E-state index in [1.165, 1.54) is 6.20 Å². The number of pyridine rings is 1. The summed E-state index contributed by atoms with van der Waals surface area (Å²) >= 11 is 3.33. The molecule has 1 aromatic heterocycles. The van der Waals surface area contributed by atoms with Crippen molar-refractivity contribution in [3.63, 3.8) is 0 Å². The van der Waals surface area contributed by atoms with Crippen molar-refractivity contribution < 1.29 is 4.92 Å². The number of aromatic nitrogens is 1. The molecule has 2 rings (SSSR count). The van der Waals surface area contributed by atoms with Gasteiger partial charge in [-0.1, -0.05) is 0 Å². The molecule has 2 heterocycles. The van der Waals surface area contributed by atoms with E-state index < -0.39 is 4.92 Å². The number of likely N-dealkylation sites (tertiary alicyclic amines) is 1. The van der Waals surface area contributed by atoms with Crippen LogP contribution in [0.4, 0.5) is 11.4 Å². The van der Waals surface area contributed by atoms with Crippen molar-refractivity contribution in [2.24, 2.45) is 0 Å². The molecule has 0 bridgehead atoms. The zero-order valence-electron chi connectivity index (χ0n) is 11.0. The lowest BCUT2D eigenvalue weighted by molar-refractivity contribution is -0.384. The molecule has 6 nitrogen and oxygen atoms in total. The van der Waals surface area contributed by atoms with Crippen LogP contribution in [-0.4, -0.2) is 40.5 Å². The van der Waals surface area contributed by atoms with E-state index >= 15 is 0 Å². The molecule has 104 valence electrons. The molecule has 0 amide bonds. The molecule has 1 aliphatic rings. The van der Waals surface area contributed by atoms with Gasteiger partial charge in [-0.05, 0) is 42.7 Å². The summed E-state index contributed by atoms with van der Waals surface area (Å²) in [5.41, 5.74) is 0.544. The van der Waals surface area contributed by atoms with Crippen molar-refractivity contribution in [2.45, 2.75) is 31.8 Å². The molecule has 19 heavy (non-hydrogen) atoms. The summed E-state index contributed by atoms with van der Waals surface area (Å²) in [5.74, 6) is 0. The minimum Gasteiger partial charge on any atom is -0.376 e. The Morgan fingerprint density at radius 3 is 2.95 bits per heavy atom. The maximum atomic E-state index is 11.0. The van der Waals surface area contributed by atoms with E-state index in [1.54, 1.807) is 6.20 Å². The Kier molecular flexibility index (Phi) is 4.36. The van der Waals surface area contributed by atoms with E-state index in [9.17, 15) is 10.1 Å². The molecular formula is C12H17BrN4O2. The van der Waals surface area contributed by atoms with Crippen LogP contribution in [0.5, 0.6) is 0 Å². The van der Waals surface area contributed by atoms with Gasteiger partial charge in [-0.25, -0.2) is 0 Å². The highest BCUT2D eigenvalue weighted by Crippen LogP contribution is 2.33. The summed E-state index contributed by atoms with van der Waals surface area (Å²) in [6.07, 6.45) is 4.81. The fourth-order valence-corrected chi connectivity index (χ4v) is 2.77. The van der Waals surface area contributed by atoms with Crippen molar-refractivity contribution in [1.82, 2.24) is 9.88 Å². The van der Waals surface area contributed by atoms with Gasteiger partial charge in [0.2, 0.25) is 0 Å². The lowest BCUT2D eigenvalue weighted by Gasteiger charge is -2.35. The standard InChI is InChI=1S/C12H17BrN4O2/c1-8-5-9(3-4-16(8)2)15-12-10(13)6-14-7-11(12)17(18)19/h6-9H,3-5H2,1-2H3,(H,14,15). The van der Waals surface area contributed by atoms with Crippen LogP contribution in [0.15, 0.2) is 16.9 Å². The van der Waals surface area contributed by atoms with Crippen LogP contribution in [0.25, 0.3) is 0 Å². The highest BCUT2D eigenvalue weighted by Gasteiger charge is 2.26. The smallest absolute Gasteiger partial charge is 0.311 e. The van der Waals surface area contributed by atoms with Gasteiger partial charge in [-0.2, -0.15) is 0 Å². The van der Waals surface area contributed by atoms with Crippen molar-refractivity contribution in [2.75, 3.05) is 18.9 Å². The SMILES string of the molecule is CC1CC(Nc2c(Br)cncc2[N+](=O)[O-])CCN1C. The number of halogens is 1. The molecule has 7 heteroatoms. The van der Waals surface area contributed by atoms with Gasteiger partial charge in [0.05, 0.1) is 9.40 Å². The van der Waals surface area contributed by atoms with Gasteiger partial charge in [-0.3, -0.25) is 15.1 Å². The average Bonchev–Trinajstić information content (AvgIpc) is 2.36. The monoisotopic (exact) mass is 328 g/mol. The summed E-state index contributed by atoms with van der Waals surface area (Å²) in [6, 6.07) is 0.731. The summed E-state index contributed by atoms with van der Waals surface area (Å²) in [5, 5.41) is 14.3. The zero-order valence-corrected chi connectivity index (χ0v) is 12.6. The highest BCUT2D eigenvalue weighted by molar-refractivity contribution is 9.10. The number of rotatable bonds is 3. The van der Waals surface area contributed by atoms with Crippen molar-refractivity contribution >= 4 is 27.3 Å². The van der Waals surface area contributed by atoms with Gasteiger partial charge in [0.15, 0.2) is 0 Å². The topological polar surface area (TPSA) is 71.3 Å². The first-order chi connectivity index (χ1) is 8.99. The average molecular weight is 329 g/mol. The molecule has 1 aliphatic heterocycles. The largest absolute Gasteiger partial charge is 0.376 e. The van der Waals surface area contributed by atoms with Crippen LogP contribution in [0.3, 0.4) is 0 Å². The second-order valence-electron chi connectivity index (χ2n) is 4.97. The van der Waals surface area contributed by atoms with E-state index in [0.717, 1.165) is 19.4 Å². The summed E-state index contributed by atoms with van der Waals surface area (Å²) in [6.45, 7) is 3.17. The highest BCUT2D eigenvalue weighted by atomic mass is 79.9. The second-order valence-corrected chi connectivity index (χ2v) is 5.82. The quantitative estimate of drug-likeness (QED) is 0.682. The van der Waals surface area contributed by atoms with Gasteiger partial charge >= 0.3 is 5.69 Å². The number of nitro groups is 1. The molecule has 1 fully saturated rings. The molecule has 0 aliphatic carbocycles. The van der Waals surface area contributed by atoms with Crippen molar-refractivity contribution in [3.8, 4) is 0 Å². The van der Waals surface area contributed by atoms with Gasteiger partial charge in [-0.15, -0.1) is 0 Å². The molecule has 1 aromatic rings. The maximum Gasteiger partial charge on any atom is 0.311 e. The fourth-order valence-electron chi connectivity index (χ4n) is 2.33. The number of piperidine rings is 1. The Morgan fingerprint density at radius 2 is 2.32 bits per heavy atom. The molecule has 1 saturated heterocycles. The Bertz CT molecular complexity index is 483. The van der Waals surface area contributed by atoms with E-state index in [1.807, 2.05) is 0 Å². The normalized spacial score (nSPS) is 24.2. The molecule has 2 unspecified atom stereocenters. The van der Waals surface area contributed by atoms with Gasteiger partial charge in [0, 0.05) is 24.8 Å². The summed E-state index contributed by atoms with van der Waals surface area (Å²) in [4.78, 5) is 16.8. The molecule has 0 spiro atoms. The number of hydrogen-bond acceptors (Lipinski definition) is 5. The third kappa shape index (κ3) is 3.22. The predicted molar refractivity (Wildman–Crippen MR) is 77.3 cm³/mol. The Balaban J connectivity index is 2.17. The lowest BCUT2D eigenvalue weighted by atomic mass is 9.98. The first kappa shape index (κ1) is 14.2. The molecule has 0 radical (unpaired) electrons. The first-order valence-corrected chi connectivity index (χ1v) is 7.03. The second kappa shape index (κ2) is 5.83. The van der Waals surface area contributed by atoms with Crippen LogP contribution in [-0.2, 0) is 0 Å². The zero-order chi connectivity index (χ0) is 14.0. The van der Waals surface area contributed by atoms with Gasteiger partial charge < -0.3 is 10.2 Å². The lowest BCUT2D eigenvalue weighted by Crippen LogP contribution is -2.42. The van der Waals surface area contributed by atoms with Gasteiger partial charge in [0.25, 0.3) is 0 Å². The number of nitrogens with zero attached hydrogens (tertiary/aromatic N) is 3. The van der Waals surface area contributed by atoms with E-state index in [-0.39, 0.29) is 11.7 Å². The third-order valence-corrected chi connectivity index (χ3v) is 4.23. The minimum absolute atomic E-state index is 0.0148. The summed E-state index contributed by atoms with van der Waals surface area (Å²) in [7, 11) is 2.10. The Labute approximate surface area is 120 Å². The first-order valence-electron chi connectivity index (χ1n) is 6.23. The van der Waals surface area contributed by atoms with Crippen LogP contribution in [0, 0.1) is 10.1 Å². The summed E-state index contributed by atoms with van der Waals surface area (Å²) < 4.78 is 0.633. The van der Waals surface area contributed by atoms with Crippen LogP contribution in [0.2, 0.25) is 0 Å². The fraction of sp³-hybridized carbons (Fsp3) is 0.583. The molecule has 0 saturated carbocycles.